The summed E-state index contributed by atoms with van der Waals surface area (Å²) in [5.74, 6) is -3.52. The van der Waals surface area contributed by atoms with E-state index in [0.29, 0.717) is 38.4 Å². The van der Waals surface area contributed by atoms with Crippen LogP contribution in [0.25, 0.3) is 0 Å². The summed E-state index contributed by atoms with van der Waals surface area (Å²) in [5, 5.41) is 6.32. The van der Waals surface area contributed by atoms with Crippen molar-refractivity contribution < 1.29 is 42.4 Å². The van der Waals surface area contributed by atoms with Gasteiger partial charge in [0.2, 0.25) is 0 Å². The number of nitrogens with one attached hydrogen (secondary N) is 2. The van der Waals surface area contributed by atoms with Crippen LogP contribution in [-0.4, -0.2) is 81.9 Å². The van der Waals surface area contributed by atoms with E-state index < -0.39 is 35.5 Å². The molecule has 272 valence electrons. The fraction of sp³-hybridized carbons (Fsp3) is 0.447. The lowest BCUT2D eigenvalue weighted by molar-refractivity contribution is -0.277. The zero-order valence-electron chi connectivity index (χ0n) is 29.1. The number of hydrogen-bond acceptors (Lipinski definition) is 8. The first-order valence-corrected chi connectivity index (χ1v) is 17.0. The molecule has 50 heavy (non-hydrogen) atoms. The number of nitrogens with zero attached hydrogens (tertiary/aromatic N) is 1. The van der Waals surface area contributed by atoms with E-state index in [4.69, 9.17) is 19.2 Å². The van der Waals surface area contributed by atoms with E-state index in [1.54, 1.807) is 30.2 Å². The number of amides is 2. The predicted molar refractivity (Wildman–Crippen MR) is 185 cm³/mol. The minimum absolute atomic E-state index is 0.00101. The van der Waals surface area contributed by atoms with Crippen molar-refractivity contribution in [1.29, 1.82) is 0 Å². The van der Waals surface area contributed by atoms with Gasteiger partial charge in [-0.1, -0.05) is 50.2 Å². The van der Waals surface area contributed by atoms with Gasteiger partial charge in [0.1, 0.15) is 18.2 Å². The third-order valence-electron chi connectivity index (χ3n) is 7.81. The van der Waals surface area contributed by atoms with E-state index in [-0.39, 0.29) is 49.6 Å². The molecule has 0 radical (unpaired) electrons. The zero-order valence-corrected chi connectivity index (χ0v) is 29.1. The van der Waals surface area contributed by atoms with E-state index in [2.05, 4.69) is 10.6 Å². The molecule has 0 saturated heterocycles. The number of rotatable bonds is 23. The highest BCUT2D eigenvalue weighted by molar-refractivity contribution is 5.99. The average Bonchev–Trinajstić information content (AvgIpc) is 3.10. The van der Waals surface area contributed by atoms with E-state index in [1.807, 2.05) is 44.2 Å². The van der Waals surface area contributed by atoms with Crippen LogP contribution >= 0.6 is 0 Å². The van der Waals surface area contributed by atoms with Gasteiger partial charge in [-0.05, 0) is 60.7 Å². The highest BCUT2D eigenvalue weighted by Gasteiger charge is 2.28. The highest BCUT2D eigenvalue weighted by Crippen LogP contribution is 2.19. The zero-order chi connectivity index (χ0) is 36.1. The van der Waals surface area contributed by atoms with Crippen LogP contribution in [-0.2, 0) is 37.0 Å². The topological polar surface area (TPSA) is 115 Å². The third-order valence-corrected chi connectivity index (χ3v) is 7.81. The van der Waals surface area contributed by atoms with Crippen LogP contribution in [0.3, 0.4) is 0 Å². The average molecular weight is 698 g/mol. The Labute approximate surface area is 293 Å². The first-order chi connectivity index (χ1) is 24.2. The minimum atomic E-state index is -0.798. The summed E-state index contributed by atoms with van der Waals surface area (Å²) >= 11 is 0. The van der Waals surface area contributed by atoms with Crippen LogP contribution in [0, 0.1) is 17.6 Å². The number of halogens is 2. The Morgan fingerprint density at radius 2 is 1.48 bits per heavy atom. The van der Waals surface area contributed by atoms with Crippen molar-refractivity contribution in [3.63, 3.8) is 0 Å². The molecule has 3 aromatic carbocycles. The predicted octanol–water partition coefficient (Wildman–Crippen LogP) is 5.50. The van der Waals surface area contributed by atoms with Gasteiger partial charge in [-0.2, -0.15) is 4.89 Å². The maximum absolute atomic E-state index is 14.3. The first-order valence-electron chi connectivity index (χ1n) is 17.0. The second kappa shape index (κ2) is 22.5. The molecule has 0 aromatic heterocycles. The van der Waals surface area contributed by atoms with Gasteiger partial charge in [-0.3, -0.25) is 14.5 Å². The van der Waals surface area contributed by atoms with Crippen molar-refractivity contribution in [2.45, 2.75) is 52.1 Å². The van der Waals surface area contributed by atoms with E-state index in [1.165, 1.54) is 18.2 Å². The SMILES string of the molecule is CCCN(CCC)C(=O)c1cccc(C(=O)NC(Cc2cc(F)cc(F)c2)C(CNCc2ccccc2)CC(=O)OOCCOCCOC)c1. The summed E-state index contributed by atoms with van der Waals surface area (Å²) < 4.78 is 38.8. The number of methoxy groups -OCH3 is 1. The Balaban J connectivity index is 1.85. The van der Waals surface area contributed by atoms with Gasteiger partial charge in [-0.15, -0.1) is 0 Å². The van der Waals surface area contributed by atoms with Crippen molar-refractivity contribution in [2.75, 3.05) is 53.2 Å². The Hall–Kier alpha value is -4.23. The molecule has 0 heterocycles. The Morgan fingerprint density at radius 3 is 2.16 bits per heavy atom. The molecule has 0 spiro atoms. The maximum Gasteiger partial charge on any atom is 0.342 e. The van der Waals surface area contributed by atoms with Gasteiger partial charge < -0.3 is 25.0 Å². The molecular formula is C38H49F2N3O7. The molecular weight excluding hydrogens is 648 g/mol. The standard InChI is InChI=1S/C38H49F2N3O7/c1-4-14-43(15-5-2)38(46)31-13-9-12-30(23-31)37(45)42-35(22-29-20-33(39)25-34(40)21-29)32(27-41-26-28-10-7-6-8-11-28)24-36(44)50-49-19-18-48-17-16-47-3/h6-13,20-21,23,25,32,35,41H,4-5,14-19,22,24,26-27H2,1-3H3,(H,42,45). The largest absolute Gasteiger partial charge is 0.382 e. The molecule has 0 aliphatic rings. The van der Waals surface area contributed by atoms with Crippen LogP contribution in [0.2, 0.25) is 0 Å². The number of benzene rings is 3. The highest BCUT2D eigenvalue weighted by atomic mass is 19.1. The smallest absolute Gasteiger partial charge is 0.342 e. The van der Waals surface area contributed by atoms with E-state index in [0.717, 1.165) is 24.5 Å². The number of carbonyl (C=O) groups is 3. The van der Waals surface area contributed by atoms with Gasteiger partial charge >= 0.3 is 5.97 Å². The molecule has 0 bridgehead atoms. The minimum Gasteiger partial charge on any atom is -0.382 e. The monoisotopic (exact) mass is 697 g/mol. The fourth-order valence-electron chi connectivity index (χ4n) is 5.45. The van der Waals surface area contributed by atoms with Crippen LogP contribution in [0.1, 0.15) is 65.0 Å². The maximum atomic E-state index is 14.3. The van der Waals surface area contributed by atoms with Crippen molar-refractivity contribution in [2.24, 2.45) is 5.92 Å². The molecule has 0 saturated carbocycles. The molecule has 10 nitrogen and oxygen atoms in total. The van der Waals surface area contributed by atoms with Crippen LogP contribution < -0.4 is 10.6 Å². The third kappa shape index (κ3) is 14.3. The van der Waals surface area contributed by atoms with Crippen molar-refractivity contribution in [3.05, 3.63) is 107 Å². The Kier molecular flexibility index (Phi) is 18.1. The van der Waals surface area contributed by atoms with Crippen LogP contribution in [0.4, 0.5) is 8.78 Å². The normalized spacial score (nSPS) is 12.3. The molecule has 3 aromatic rings. The molecule has 2 unspecified atom stereocenters. The lowest BCUT2D eigenvalue weighted by Gasteiger charge is -2.28. The summed E-state index contributed by atoms with van der Waals surface area (Å²) in [4.78, 5) is 52.0. The second-order valence-electron chi connectivity index (χ2n) is 11.9. The summed E-state index contributed by atoms with van der Waals surface area (Å²) in [6.45, 7) is 6.82. The molecule has 3 rings (SSSR count). The molecule has 0 aliphatic carbocycles. The molecule has 0 aliphatic heterocycles. The first kappa shape index (κ1) is 40.2. The lowest BCUT2D eigenvalue weighted by atomic mass is 9.90. The second-order valence-corrected chi connectivity index (χ2v) is 11.9. The van der Waals surface area contributed by atoms with Crippen molar-refractivity contribution in [1.82, 2.24) is 15.5 Å². The van der Waals surface area contributed by atoms with Gasteiger partial charge in [-0.25, -0.2) is 13.6 Å². The molecule has 2 amide bonds. The van der Waals surface area contributed by atoms with Crippen LogP contribution in [0.5, 0.6) is 0 Å². The molecule has 12 heteroatoms. The van der Waals surface area contributed by atoms with Crippen LogP contribution in [0.15, 0.2) is 72.8 Å². The quantitative estimate of drug-likeness (QED) is 0.0759. The summed E-state index contributed by atoms with van der Waals surface area (Å²) in [5.41, 5.74) is 1.89. The number of ether oxygens (including phenoxy) is 2. The van der Waals surface area contributed by atoms with Gasteiger partial charge in [0.25, 0.3) is 11.8 Å². The summed E-state index contributed by atoms with van der Waals surface area (Å²) in [6.07, 6.45) is 1.39. The number of hydrogen-bond donors (Lipinski definition) is 2. The van der Waals surface area contributed by atoms with Gasteiger partial charge in [0.15, 0.2) is 0 Å². The van der Waals surface area contributed by atoms with E-state index in [9.17, 15) is 23.2 Å². The Morgan fingerprint density at radius 1 is 0.800 bits per heavy atom. The number of carbonyl (C=O) groups excluding carboxylic acids is 3. The summed E-state index contributed by atoms with van der Waals surface area (Å²) in [6, 6.07) is 18.4. The molecule has 2 N–H and O–H groups in total. The summed E-state index contributed by atoms with van der Waals surface area (Å²) in [7, 11) is 1.56. The van der Waals surface area contributed by atoms with E-state index >= 15 is 0 Å². The lowest BCUT2D eigenvalue weighted by Crippen LogP contribution is -2.46. The van der Waals surface area contributed by atoms with Gasteiger partial charge in [0.05, 0.1) is 26.2 Å². The molecule has 0 fully saturated rings. The van der Waals surface area contributed by atoms with Crippen molar-refractivity contribution >= 4 is 17.8 Å². The molecule has 2 atom stereocenters. The van der Waals surface area contributed by atoms with Crippen molar-refractivity contribution in [3.8, 4) is 0 Å². The Bertz CT molecular complexity index is 1450. The van der Waals surface area contributed by atoms with Gasteiger partial charge in [0, 0.05) is 62.4 Å². The fourth-order valence-corrected chi connectivity index (χ4v) is 5.45.